The van der Waals surface area contributed by atoms with Gasteiger partial charge in [-0.3, -0.25) is 4.72 Å². The molecule has 1 aromatic heterocycles. The molecule has 3 rings (SSSR count). The highest BCUT2D eigenvalue weighted by molar-refractivity contribution is 7.97. The van der Waals surface area contributed by atoms with Gasteiger partial charge in [-0.15, -0.1) is 0 Å². The molecule has 3 aromatic rings. The number of anilines is 1. The van der Waals surface area contributed by atoms with Gasteiger partial charge in [0.15, 0.2) is 0 Å². The van der Waals surface area contributed by atoms with Crippen molar-refractivity contribution < 1.29 is 8.42 Å². The van der Waals surface area contributed by atoms with E-state index in [-0.39, 0.29) is 0 Å². The second-order valence-electron chi connectivity index (χ2n) is 9.04. The topological polar surface area (TPSA) is 75.5 Å². The Morgan fingerprint density at radius 3 is 2.36 bits per heavy atom. The highest BCUT2D eigenvalue weighted by Crippen LogP contribution is 2.28. The summed E-state index contributed by atoms with van der Waals surface area (Å²) in [4.78, 5) is 4.87. The number of benzene rings is 2. The van der Waals surface area contributed by atoms with Gasteiger partial charge in [-0.2, -0.15) is 0 Å². The predicted molar refractivity (Wildman–Crippen MR) is 143 cm³/mol. The largest absolute Gasteiger partial charge is 0.347 e. The molecule has 0 atom stereocenters. The monoisotopic (exact) mass is 486 g/mol. The van der Waals surface area contributed by atoms with Crippen LogP contribution in [0.3, 0.4) is 0 Å². The summed E-state index contributed by atoms with van der Waals surface area (Å²) >= 11 is 1.50. The summed E-state index contributed by atoms with van der Waals surface area (Å²) in [5.74, 6) is 1.86. The molecule has 0 saturated heterocycles. The molecule has 0 aliphatic carbocycles. The van der Waals surface area contributed by atoms with E-state index in [0.29, 0.717) is 17.5 Å². The Labute approximate surface area is 202 Å². The predicted octanol–water partition coefficient (Wildman–Crippen LogP) is 6.13. The van der Waals surface area contributed by atoms with Gasteiger partial charge in [-0.25, -0.2) is 13.4 Å². The van der Waals surface area contributed by atoms with E-state index in [0.717, 1.165) is 36.3 Å². The Hall–Kier alpha value is -2.45. The zero-order chi connectivity index (χ0) is 24.2. The van der Waals surface area contributed by atoms with Gasteiger partial charge in [-0.05, 0) is 54.2 Å². The molecule has 2 N–H and O–H groups in total. The van der Waals surface area contributed by atoms with Gasteiger partial charge in [0.1, 0.15) is 5.84 Å². The lowest BCUT2D eigenvalue weighted by Gasteiger charge is -2.10. The number of amidine groups is 1. The van der Waals surface area contributed by atoms with Crippen LogP contribution in [0.1, 0.15) is 51.2 Å². The van der Waals surface area contributed by atoms with E-state index in [1.807, 2.05) is 18.4 Å². The van der Waals surface area contributed by atoms with Gasteiger partial charge >= 0.3 is 0 Å². The summed E-state index contributed by atoms with van der Waals surface area (Å²) in [5, 5.41) is 1.17. The van der Waals surface area contributed by atoms with E-state index in [2.05, 4.69) is 66.1 Å². The smallest absolute Gasteiger partial charge is 0.229 e. The van der Waals surface area contributed by atoms with Crippen LogP contribution in [0.25, 0.3) is 10.9 Å². The first kappa shape index (κ1) is 25.2. The Bertz CT molecular complexity index is 1230. The molecule has 178 valence electrons. The molecule has 0 unspecified atom stereocenters. The molecule has 0 aliphatic heterocycles. The molecule has 6 nitrogen and oxygen atoms in total. The Balaban J connectivity index is 2.06. The first-order valence-electron chi connectivity index (χ1n) is 11.2. The lowest BCUT2D eigenvalue weighted by atomic mass is 10.0. The Morgan fingerprint density at radius 2 is 1.79 bits per heavy atom. The van der Waals surface area contributed by atoms with Crippen molar-refractivity contribution in [3.63, 3.8) is 0 Å². The lowest BCUT2D eigenvalue weighted by molar-refractivity contribution is 0.524. The molecule has 0 bridgehead atoms. The van der Waals surface area contributed by atoms with Crippen molar-refractivity contribution in [2.75, 3.05) is 17.2 Å². The zero-order valence-corrected chi connectivity index (χ0v) is 21.8. The fourth-order valence-corrected chi connectivity index (χ4v) is 4.53. The van der Waals surface area contributed by atoms with Crippen LogP contribution in [0.2, 0.25) is 0 Å². The van der Waals surface area contributed by atoms with Gasteiger partial charge in [0.2, 0.25) is 10.0 Å². The van der Waals surface area contributed by atoms with Crippen molar-refractivity contribution >= 4 is 50.1 Å². The van der Waals surface area contributed by atoms with Crippen LogP contribution < -0.4 is 9.44 Å². The normalized spacial score (nSPS) is 12.7. The van der Waals surface area contributed by atoms with Gasteiger partial charge in [0.25, 0.3) is 0 Å². The number of aryl methyl sites for hydroxylation is 1. The van der Waals surface area contributed by atoms with Crippen molar-refractivity contribution in [3.05, 3.63) is 59.8 Å². The third-order valence-electron chi connectivity index (χ3n) is 5.39. The molecule has 33 heavy (non-hydrogen) atoms. The fourth-order valence-electron chi connectivity index (χ4n) is 3.62. The van der Waals surface area contributed by atoms with E-state index in [4.69, 9.17) is 4.99 Å². The van der Waals surface area contributed by atoms with Crippen LogP contribution in [0, 0.1) is 5.92 Å². The number of sulfonamides is 1. The maximum atomic E-state index is 11.5. The summed E-state index contributed by atoms with van der Waals surface area (Å²) in [6, 6.07) is 13.8. The second kappa shape index (κ2) is 10.7. The average Bonchev–Trinajstić information content (AvgIpc) is 3.10. The van der Waals surface area contributed by atoms with E-state index < -0.39 is 10.0 Å². The van der Waals surface area contributed by atoms with Crippen LogP contribution >= 0.6 is 11.9 Å². The maximum absolute atomic E-state index is 11.5. The summed E-state index contributed by atoms with van der Waals surface area (Å²) in [6.45, 7) is 9.88. The Kier molecular flexibility index (Phi) is 8.13. The highest BCUT2D eigenvalue weighted by Gasteiger charge is 2.16. The minimum Gasteiger partial charge on any atom is -0.347 e. The molecule has 0 aliphatic rings. The van der Waals surface area contributed by atoms with Gasteiger partial charge in [0.05, 0.1) is 11.9 Å². The molecule has 2 aromatic carbocycles. The van der Waals surface area contributed by atoms with Crippen molar-refractivity contribution in [2.24, 2.45) is 10.9 Å². The SMILES string of the molecule is CSNC(=Nc1ccc(NS(C)(=O)=O)cc1)c1cn(CCC(C)C)c2cc(C(C)C)ccc12. The number of aliphatic imine (C=N–C) groups is 1. The van der Waals surface area contributed by atoms with Crippen molar-refractivity contribution in [2.45, 2.75) is 46.6 Å². The van der Waals surface area contributed by atoms with Crippen LogP contribution in [-0.2, 0) is 16.6 Å². The molecular formula is C25H34N4O2S2. The third-order valence-corrected chi connectivity index (χ3v) is 6.39. The zero-order valence-electron chi connectivity index (χ0n) is 20.2. The standard InChI is InChI=1S/C25H34N4O2S2/c1-17(2)13-14-29-16-23(22-12-7-19(18(3)4)15-24(22)29)25(27-32-5)26-20-8-10-21(11-9-20)28-33(6,30)31/h7-12,15-18,28H,13-14H2,1-6H3,(H,26,27). The molecule has 0 spiro atoms. The van der Waals surface area contributed by atoms with E-state index in [1.165, 1.54) is 28.4 Å². The van der Waals surface area contributed by atoms with Crippen LogP contribution in [0.4, 0.5) is 11.4 Å². The van der Waals surface area contributed by atoms with Crippen LogP contribution in [-0.4, -0.2) is 31.3 Å². The minimum absolute atomic E-state index is 0.461. The quantitative estimate of drug-likeness (QED) is 0.217. The van der Waals surface area contributed by atoms with Crippen LogP contribution in [0.5, 0.6) is 0 Å². The molecule has 0 saturated carbocycles. The van der Waals surface area contributed by atoms with Gasteiger partial charge in [0, 0.05) is 41.2 Å². The number of aromatic nitrogens is 1. The molecular weight excluding hydrogens is 452 g/mol. The van der Waals surface area contributed by atoms with E-state index in [1.54, 1.807) is 12.1 Å². The number of rotatable bonds is 9. The second-order valence-corrected chi connectivity index (χ2v) is 11.4. The molecule has 1 heterocycles. The minimum atomic E-state index is -3.31. The van der Waals surface area contributed by atoms with Crippen molar-refractivity contribution in [3.8, 4) is 0 Å². The Morgan fingerprint density at radius 1 is 1.09 bits per heavy atom. The van der Waals surface area contributed by atoms with E-state index in [9.17, 15) is 8.42 Å². The van der Waals surface area contributed by atoms with E-state index >= 15 is 0 Å². The lowest BCUT2D eigenvalue weighted by Crippen LogP contribution is -2.16. The number of hydrogen-bond donors (Lipinski definition) is 2. The maximum Gasteiger partial charge on any atom is 0.229 e. The fraction of sp³-hybridized carbons (Fsp3) is 0.400. The number of hydrogen-bond acceptors (Lipinski definition) is 4. The number of nitrogens with one attached hydrogen (secondary N) is 2. The van der Waals surface area contributed by atoms with Gasteiger partial charge < -0.3 is 9.29 Å². The molecule has 0 radical (unpaired) electrons. The molecule has 8 heteroatoms. The first-order valence-corrected chi connectivity index (χ1v) is 14.3. The average molecular weight is 487 g/mol. The number of fused-ring (bicyclic) bond motifs is 1. The van der Waals surface area contributed by atoms with Crippen molar-refractivity contribution in [1.29, 1.82) is 0 Å². The van der Waals surface area contributed by atoms with Gasteiger partial charge in [-0.1, -0.05) is 51.8 Å². The third kappa shape index (κ3) is 6.77. The summed E-state index contributed by atoms with van der Waals surface area (Å²) in [7, 11) is -3.31. The summed E-state index contributed by atoms with van der Waals surface area (Å²) in [6.07, 6.45) is 6.41. The molecule has 0 amide bonds. The summed E-state index contributed by atoms with van der Waals surface area (Å²) in [5.41, 5.74) is 4.86. The number of nitrogens with zero attached hydrogens (tertiary/aromatic N) is 2. The molecule has 0 fully saturated rings. The highest BCUT2D eigenvalue weighted by atomic mass is 32.2. The van der Waals surface area contributed by atoms with Crippen LogP contribution in [0.15, 0.2) is 53.7 Å². The van der Waals surface area contributed by atoms with Crippen molar-refractivity contribution in [1.82, 2.24) is 9.29 Å². The first-order chi connectivity index (χ1) is 15.6. The summed E-state index contributed by atoms with van der Waals surface area (Å²) < 4.78 is 31.1.